The van der Waals surface area contributed by atoms with Gasteiger partial charge < -0.3 is 4.74 Å². The Hall–Kier alpha value is -4.08. The smallest absolute Gasteiger partial charge is 0.311 e. The molecule has 0 radical (unpaired) electrons. The van der Waals surface area contributed by atoms with Crippen LogP contribution in [0.2, 0.25) is 0 Å². The number of carbonyl (C=O) groups is 4. The van der Waals surface area contributed by atoms with Crippen LogP contribution in [-0.2, 0) is 14.3 Å². The molecule has 1 heterocycles. The predicted octanol–water partition coefficient (Wildman–Crippen LogP) is 1.82. The van der Waals surface area contributed by atoms with Crippen molar-refractivity contribution in [3.05, 3.63) is 75.3 Å². The summed E-state index contributed by atoms with van der Waals surface area (Å²) in [5.41, 5.74) is 3.73. The highest BCUT2D eigenvalue weighted by Crippen LogP contribution is 2.19. The van der Waals surface area contributed by atoms with Gasteiger partial charge in [-0.05, 0) is 19.1 Å². The molecule has 0 aliphatic carbocycles. The molecule has 1 N–H and O–H groups in total. The Morgan fingerprint density at radius 3 is 2.32 bits per heavy atom. The van der Waals surface area contributed by atoms with Crippen molar-refractivity contribution in [3.8, 4) is 0 Å². The largest absolute Gasteiger partial charge is 0.457 e. The number of hydrazine groups is 1. The van der Waals surface area contributed by atoms with E-state index < -0.39 is 35.2 Å². The normalized spacial score (nSPS) is 15.5. The first-order valence-electron chi connectivity index (χ1n) is 9.37. The van der Waals surface area contributed by atoms with Crippen LogP contribution in [0.1, 0.15) is 32.7 Å². The van der Waals surface area contributed by atoms with E-state index >= 15 is 0 Å². The van der Waals surface area contributed by atoms with E-state index in [0.717, 1.165) is 10.6 Å². The third-order valence-electron chi connectivity index (χ3n) is 4.75. The van der Waals surface area contributed by atoms with Crippen LogP contribution in [0, 0.1) is 23.0 Å². The average Bonchev–Trinajstić information content (AvgIpc) is 3.12. The van der Waals surface area contributed by atoms with Crippen LogP contribution >= 0.6 is 0 Å². The van der Waals surface area contributed by atoms with E-state index in [1.54, 1.807) is 24.3 Å². The van der Waals surface area contributed by atoms with E-state index in [-0.39, 0.29) is 30.0 Å². The number of non-ortho nitro benzene ring substituents is 1. The lowest BCUT2D eigenvalue weighted by atomic mass is 10.1. The number of amides is 2. The quantitative estimate of drug-likeness (QED) is 0.309. The summed E-state index contributed by atoms with van der Waals surface area (Å²) < 4.78 is 5.05. The molecule has 1 fully saturated rings. The number of benzene rings is 2. The van der Waals surface area contributed by atoms with Crippen molar-refractivity contribution < 1.29 is 28.8 Å². The highest BCUT2D eigenvalue weighted by molar-refractivity contribution is 5.99. The number of aryl methyl sites for hydroxylation is 1. The maximum absolute atomic E-state index is 12.3. The molecule has 160 valence electrons. The number of nitrogens with one attached hydrogen (secondary N) is 1. The Bertz CT molecular complexity index is 1030. The van der Waals surface area contributed by atoms with Gasteiger partial charge in [-0.3, -0.25) is 39.7 Å². The maximum Gasteiger partial charge on any atom is 0.311 e. The van der Waals surface area contributed by atoms with Gasteiger partial charge in [-0.25, -0.2) is 0 Å². The number of ether oxygens (including phenoxy) is 1. The van der Waals surface area contributed by atoms with Crippen LogP contribution in [0.5, 0.6) is 0 Å². The number of nitro benzene ring substituents is 1. The van der Waals surface area contributed by atoms with Crippen LogP contribution in [0.25, 0.3) is 0 Å². The number of nitro groups is 1. The number of carbonyl (C=O) groups excluding carboxylic acids is 4. The van der Waals surface area contributed by atoms with Crippen molar-refractivity contribution in [1.82, 2.24) is 10.4 Å². The molecule has 0 unspecified atom stereocenters. The molecule has 0 saturated carbocycles. The number of hydrogen-bond donors (Lipinski definition) is 1. The fraction of sp³-hybridized carbons (Fsp3) is 0.238. The van der Waals surface area contributed by atoms with Crippen molar-refractivity contribution in [2.75, 3.05) is 13.2 Å². The van der Waals surface area contributed by atoms with Gasteiger partial charge in [0.15, 0.2) is 12.4 Å². The third kappa shape index (κ3) is 5.30. The molecule has 0 aromatic heterocycles. The minimum Gasteiger partial charge on any atom is -0.457 e. The van der Waals surface area contributed by atoms with Crippen LogP contribution < -0.4 is 5.43 Å². The number of rotatable bonds is 7. The van der Waals surface area contributed by atoms with Crippen molar-refractivity contribution in [3.63, 3.8) is 0 Å². The minimum atomic E-state index is -0.824. The first-order valence-corrected chi connectivity index (χ1v) is 9.37. The molecule has 2 amide bonds. The van der Waals surface area contributed by atoms with E-state index in [1.165, 1.54) is 24.3 Å². The predicted molar refractivity (Wildman–Crippen MR) is 107 cm³/mol. The van der Waals surface area contributed by atoms with E-state index in [0.29, 0.717) is 5.56 Å². The highest BCUT2D eigenvalue weighted by Gasteiger charge is 2.36. The Kier molecular flexibility index (Phi) is 6.39. The van der Waals surface area contributed by atoms with Crippen molar-refractivity contribution >= 4 is 29.3 Å². The molecule has 10 heteroatoms. The number of esters is 1. The summed E-state index contributed by atoms with van der Waals surface area (Å²) in [4.78, 5) is 58.9. The van der Waals surface area contributed by atoms with Gasteiger partial charge in [-0.2, -0.15) is 0 Å². The van der Waals surface area contributed by atoms with E-state index in [1.807, 2.05) is 6.92 Å². The zero-order valence-electron chi connectivity index (χ0n) is 16.6. The Morgan fingerprint density at radius 2 is 1.71 bits per heavy atom. The highest BCUT2D eigenvalue weighted by atomic mass is 16.6. The first-order chi connectivity index (χ1) is 14.7. The summed E-state index contributed by atoms with van der Waals surface area (Å²) in [7, 11) is 0. The molecule has 2 aromatic carbocycles. The number of ketones is 1. The summed E-state index contributed by atoms with van der Waals surface area (Å²) in [6.45, 7) is 1.34. The molecule has 1 saturated heterocycles. The van der Waals surface area contributed by atoms with E-state index in [9.17, 15) is 29.3 Å². The molecule has 0 bridgehead atoms. The molecule has 2 aromatic rings. The van der Waals surface area contributed by atoms with Gasteiger partial charge in [-0.1, -0.05) is 29.8 Å². The zero-order valence-corrected chi connectivity index (χ0v) is 16.6. The second-order valence-corrected chi connectivity index (χ2v) is 7.05. The summed E-state index contributed by atoms with van der Waals surface area (Å²) in [5, 5.41) is 11.7. The molecular formula is C21H19N3O7. The topological polar surface area (TPSA) is 136 Å². The molecule has 1 atom stereocenters. The summed E-state index contributed by atoms with van der Waals surface area (Å²) in [6.07, 6.45) is -0.169. The summed E-state index contributed by atoms with van der Waals surface area (Å²) in [5.74, 6) is -3.02. The van der Waals surface area contributed by atoms with Gasteiger partial charge in [0.2, 0.25) is 5.91 Å². The lowest BCUT2D eigenvalue weighted by Crippen LogP contribution is -2.43. The van der Waals surface area contributed by atoms with Crippen LogP contribution in [0.4, 0.5) is 5.69 Å². The standard InChI is InChI=1S/C21H19N3O7/c1-13-2-4-14(5-3-13)18(25)12-31-21(28)16-10-19(26)23(11-16)22-20(27)15-6-8-17(9-7-15)24(29)30/h2-9,16H,10-12H2,1H3,(H,22,27)/t16-/m0/s1. The van der Waals surface area contributed by atoms with E-state index in [2.05, 4.69) is 5.43 Å². The second kappa shape index (κ2) is 9.16. The molecule has 1 aliphatic rings. The fourth-order valence-electron chi connectivity index (χ4n) is 2.97. The van der Waals surface area contributed by atoms with Crippen molar-refractivity contribution in [2.45, 2.75) is 13.3 Å². The van der Waals surface area contributed by atoms with Gasteiger partial charge in [0.1, 0.15) is 0 Å². The Balaban J connectivity index is 1.52. The lowest BCUT2D eigenvalue weighted by Gasteiger charge is -2.17. The van der Waals surface area contributed by atoms with Gasteiger partial charge in [0, 0.05) is 29.7 Å². The molecule has 0 spiro atoms. The minimum absolute atomic E-state index is 0.102. The molecule has 3 rings (SSSR count). The van der Waals surface area contributed by atoms with Gasteiger partial charge in [0.25, 0.3) is 11.6 Å². The second-order valence-electron chi connectivity index (χ2n) is 7.05. The Morgan fingerprint density at radius 1 is 1.10 bits per heavy atom. The van der Waals surface area contributed by atoms with Crippen molar-refractivity contribution in [2.24, 2.45) is 5.92 Å². The van der Waals surface area contributed by atoms with Crippen molar-refractivity contribution in [1.29, 1.82) is 0 Å². The van der Waals surface area contributed by atoms with Crippen LogP contribution in [0.3, 0.4) is 0 Å². The number of Topliss-reactive ketones (excluding diaryl/α,β-unsaturated/α-hetero) is 1. The SMILES string of the molecule is Cc1ccc(C(=O)COC(=O)[C@H]2CC(=O)N(NC(=O)c3ccc([N+](=O)[O-])cc3)C2)cc1. The molecule has 10 nitrogen and oxygen atoms in total. The van der Waals surface area contributed by atoms with Crippen LogP contribution in [0.15, 0.2) is 48.5 Å². The molecule has 1 aliphatic heterocycles. The molecule has 31 heavy (non-hydrogen) atoms. The third-order valence-corrected chi connectivity index (χ3v) is 4.75. The number of hydrogen-bond acceptors (Lipinski definition) is 7. The van der Waals surface area contributed by atoms with Gasteiger partial charge >= 0.3 is 5.97 Å². The fourth-order valence-corrected chi connectivity index (χ4v) is 2.97. The van der Waals surface area contributed by atoms with E-state index in [4.69, 9.17) is 4.74 Å². The zero-order chi connectivity index (χ0) is 22.5. The van der Waals surface area contributed by atoms with Gasteiger partial charge in [0.05, 0.1) is 17.4 Å². The molecular weight excluding hydrogens is 406 g/mol. The van der Waals surface area contributed by atoms with Crippen LogP contribution in [-0.4, -0.2) is 46.7 Å². The monoisotopic (exact) mass is 425 g/mol. The summed E-state index contributed by atoms with van der Waals surface area (Å²) in [6, 6.07) is 11.7. The number of nitrogens with zero attached hydrogens (tertiary/aromatic N) is 2. The average molecular weight is 425 g/mol. The summed E-state index contributed by atoms with van der Waals surface area (Å²) >= 11 is 0. The lowest BCUT2D eigenvalue weighted by molar-refractivity contribution is -0.384. The first kappa shape index (κ1) is 21.6. The Labute approximate surface area is 176 Å². The maximum atomic E-state index is 12.3. The van der Waals surface area contributed by atoms with Gasteiger partial charge in [-0.15, -0.1) is 0 Å².